The Kier molecular flexibility index (Phi) is 4.81. The van der Waals surface area contributed by atoms with Crippen LogP contribution in [0.5, 0.6) is 5.75 Å². The fraction of sp³-hybridized carbons (Fsp3) is 0.571. The van der Waals surface area contributed by atoms with Gasteiger partial charge in [0.15, 0.2) is 0 Å². The Labute approximate surface area is 98.8 Å². The van der Waals surface area contributed by atoms with Gasteiger partial charge in [-0.25, -0.2) is 0 Å². The summed E-state index contributed by atoms with van der Waals surface area (Å²) in [6, 6.07) is 6.27. The summed E-state index contributed by atoms with van der Waals surface area (Å²) in [5.74, 6) is 0.977. The van der Waals surface area contributed by atoms with Crippen LogP contribution in [0, 0.1) is 6.92 Å². The lowest BCUT2D eigenvalue weighted by Crippen LogP contribution is -2.12. The molecule has 0 bridgehead atoms. The Hall–Kier alpha value is -1.02. The number of hydrogen-bond donors (Lipinski definition) is 1. The number of hydrogen-bond acceptors (Lipinski definition) is 2. The second-order valence-electron chi connectivity index (χ2n) is 4.53. The van der Waals surface area contributed by atoms with E-state index in [1.54, 1.807) is 0 Å². The summed E-state index contributed by atoms with van der Waals surface area (Å²) in [6.07, 6.45) is 2.52. The zero-order chi connectivity index (χ0) is 12.1. The molecular formula is C14H23NO. The highest BCUT2D eigenvalue weighted by Gasteiger charge is 2.07. The van der Waals surface area contributed by atoms with Gasteiger partial charge in [-0.2, -0.15) is 0 Å². The average Bonchev–Trinajstić information content (AvgIpc) is 2.21. The molecule has 0 aromatic heterocycles. The Morgan fingerprint density at radius 3 is 2.50 bits per heavy atom. The summed E-state index contributed by atoms with van der Waals surface area (Å²) in [7, 11) is 0. The lowest BCUT2D eigenvalue weighted by Gasteiger charge is -2.17. The molecule has 0 fully saturated rings. The second-order valence-corrected chi connectivity index (χ2v) is 4.53. The average molecular weight is 221 g/mol. The normalized spacial score (nSPS) is 14.6. The summed E-state index contributed by atoms with van der Waals surface area (Å²) >= 11 is 0. The highest BCUT2D eigenvalue weighted by atomic mass is 16.5. The predicted octanol–water partition coefficient (Wildman–Crippen LogP) is 3.58. The molecule has 0 aliphatic heterocycles. The third kappa shape index (κ3) is 3.53. The first kappa shape index (κ1) is 13.0. The van der Waals surface area contributed by atoms with E-state index in [1.807, 2.05) is 19.1 Å². The van der Waals surface area contributed by atoms with Crippen LogP contribution in [0.15, 0.2) is 18.2 Å². The van der Waals surface area contributed by atoms with Crippen molar-refractivity contribution in [3.63, 3.8) is 0 Å². The first-order valence-corrected chi connectivity index (χ1v) is 6.07. The summed E-state index contributed by atoms with van der Waals surface area (Å²) < 4.78 is 5.88. The molecule has 16 heavy (non-hydrogen) atoms. The maximum atomic E-state index is 5.88. The number of benzene rings is 1. The molecule has 2 nitrogen and oxygen atoms in total. The van der Waals surface area contributed by atoms with Crippen molar-refractivity contribution in [3.8, 4) is 5.75 Å². The van der Waals surface area contributed by atoms with Crippen LogP contribution in [0.1, 0.15) is 50.8 Å². The van der Waals surface area contributed by atoms with Crippen molar-refractivity contribution in [1.29, 1.82) is 0 Å². The summed E-state index contributed by atoms with van der Waals surface area (Å²) in [5.41, 5.74) is 8.17. The van der Waals surface area contributed by atoms with Gasteiger partial charge >= 0.3 is 0 Å². The van der Waals surface area contributed by atoms with E-state index in [2.05, 4.69) is 26.8 Å². The van der Waals surface area contributed by atoms with Gasteiger partial charge in [0.2, 0.25) is 0 Å². The topological polar surface area (TPSA) is 35.2 Å². The van der Waals surface area contributed by atoms with Crippen LogP contribution < -0.4 is 10.5 Å². The molecule has 0 radical (unpaired) electrons. The van der Waals surface area contributed by atoms with Gasteiger partial charge in [0.25, 0.3) is 0 Å². The highest BCUT2D eigenvalue weighted by molar-refractivity contribution is 5.37. The smallest absolute Gasteiger partial charge is 0.122 e. The third-order valence-electron chi connectivity index (χ3n) is 2.75. The Morgan fingerprint density at radius 1 is 1.31 bits per heavy atom. The maximum Gasteiger partial charge on any atom is 0.122 e. The van der Waals surface area contributed by atoms with E-state index in [9.17, 15) is 0 Å². The molecule has 0 aliphatic rings. The quantitative estimate of drug-likeness (QED) is 0.824. The number of nitrogens with two attached hydrogens (primary N) is 1. The Balaban J connectivity index is 2.75. The third-order valence-corrected chi connectivity index (χ3v) is 2.75. The first-order chi connectivity index (χ1) is 7.54. The van der Waals surface area contributed by atoms with E-state index in [1.165, 1.54) is 0 Å². The van der Waals surface area contributed by atoms with Crippen molar-refractivity contribution in [2.24, 2.45) is 5.73 Å². The van der Waals surface area contributed by atoms with E-state index >= 15 is 0 Å². The zero-order valence-electron chi connectivity index (χ0n) is 10.8. The zero-order valence-corrected chi connectivity index (χ0v) is 10.8. The van der Waals surface area contributed by atoms with E-state index in [0.717, 1.165) is 29.7 Å². The largest absolute Gasteiger partial charge is 0.490 e. The predicted molar refractivity (Wildman–Crippen MR) is 68.8 cm³/mol. The fourth-order valence-electron chi connectivity index (χ4n) is 1.77. The van der Waals surface area contributed by atoms with Gasteiger partial charge in [0.05, 0.1) is 6.10 Å². The van der Waals surface area contributed by atoms with Crippen LogP contribution >= 0.6 is 0 Å². The molecule has 2 atom stereocenters. The van der Waals surface area contributed by atoms with Gasteiger partial charge in [-0.05, 0) is 44.4 Å². The SMILES string of the molecule is CCCC(C)Oc1ccc(C(C)N)cc1C. The molecule has 1 aromatic rings. The molecule has 0 saturated heterocycles. The van der Waals surface area contributed by atoms with Gasteiger partial charge in [-0.15, -0.1) is 0 Å². The second kappa shape index (κ2) is 5.90. The van der Waals surface area contributed by atoms with Crippen molar-refractivity contribution >= 4 is 0 Å². The minimum absolute atomic E-state index is 0.0841. The molecule has 0 aliphatic carbocycles. The maximum absolute atomic E-state index is 5.88. The molecule has 1 aromatic carbocycles. The van der Waals surface area contributed by atoms with E-state index < -0.39 is 0 Å². The molecular weight excluding hydrogens is 198 g/mol. The van der Waals surface area contributed by atoms with E-state index in [4.69, 9.17) is 10.5 Å². The van der Waals surface area contributed by atoms with Crippen LogP contribution in [-0.2, 0) is 0 Å². The molecule has 2 N–H and O–H groups in total. The molecule has 2 heteroatoms. The monoisotopic (exact) mass is 221 g/mol. The molecule has 0 amide bonds. The molecule has 90 valence electrons. The minimum atomic E-state index is 0.0841. The lowest BCUT2D eigenvalue weighted by molar-refractivity contribution is 0.208. The van der Waals surface area contributed by atoms with Crippen LogP contribution in [0.4, 0.5) is 0 Å². The molecule has 1 rings (SSSR count). The van der Waals surface area contributed by atoms with Crippen molar-refractivity contribution in [2.45, 2.75) is 52.7 Å². The van der Waals surface area contributed by atoms with Crippen molar-refractivity contribution in [2.75, 3.05) is 0 Å². The fourth-order valence-corrected chi connectivity index (χ4v) is 1.77. The lowest BCUT2D eigenvalue weighted by atomic mass is 10.1. The molecule has 0 heterocycles. The van der Waals surface area contributed by atoms with Crippen molar-refractivity contribution < 1.29 is 4.74 Å². The minimum Gasteiger partial charge on any atom is -0.490 e. The first-order valence-electron chi connectivity index (χ1n) is 6.07. The van der Waals surface area contributed by atoms with Gasteiger partial charge < -0.3 is 10.5 Å². The molecule has 0 saturated carbocycles. The van der Waals surface area contributed by atoms with Gasteiger partial charge in [0.1, 0.15) is 5.75 Å². The number of ether oxygens (including phenoxy) is 1. The molecule has 0 spiro atoms. The standard InChI is InChI=1S/C14H23NO/c1-5-6-11(3)16-14-8-7-13(12(4)15)9-10(14)2/h7-9,11-12H,5-6,15H2,1-4H3. The summed E-state index contributed by atoms with van der Waals surface area (Å²) in [5, 5.41) is 0. The van der Waals surface area contributed by atoms with Gasteiger partial charge in [0, 0.05) is 6.04 Å². The summed E-state index contributed by atoms with van der Waals surface area (Å²) in [4.78, 5) is 0. The van der Waals surface area contributed by atoms with E-state index in [0.29, 0.717) is 0 Å². The van der Waals surface area contributed by atoms with Crippen LogP contribution in [0.2, 0.25) is 0 Å². The number of aryl methyl sites for hydroxylation is 1. The summed E-state index contributed by atoms with van der Waals surface area (Å²) in [6.45, 7) is 8.35. The Morgan fingerprint density at radius 2 is 2.00 bits per heavy atom. The Bertz CT molecular complexity index is 334. The van der Waals surface area contributed by atoms with Gasteiger partial charge in [-0.3, -0.25) is 0 Å². The van der Waals surface area contributed by atoms with Crippen LogP contribution in [0.3, 0.4) is 0 Å². The highest BCUT2D eigenvalue weighted by Crippen LogP contribution is 2.23. The number of rotatable bonds is 5. The van der Waals surface area contributed by atoms with Crippen molar-refractivity contribution in [3.05, 3.63) is 29.3 Å². The van der Waals surface area contributed by atoms with Crippen molar-refractivity contribution in [1.82, 2.24) is 0 Å². The van der Waals surface area contributed by atoms with Gasteiger partial charge in [-0.1, -0.05) is 25.5 Å². The van der Waals surface area contributed by atoms with E-state index in [-0.39, 0.29) is 12.1 Å². The van der Waals surface area contributed by atoms with Crippen LogP contribution in [-0.4, -0.2) is 6.10 Å². The molecule has 2 unspecified atom stereocenters. The van der Waals surface area contributed by atoms with Crippen LogP contribution in [0.25, 0.3) is 0 Å².